The average Bonchev–Trinajstić information content (AvgIpc) is 2.89. The smallest absolute Gasteiger partial charge is 0.234 e. The van der Waals surface area contributed by atoms with Gasteiger partial charge in [0.15, 0.2) is 5.65 Å². The van der Waals surface area contributed by atoms with Crippen LogP contribution in [0.15, 0.2) is 30.5 Å². The first-order valence-electron chi connectivity index (χ1n) is 6.03. The van der Waals surface area contributed by atoms with Gasteiger partial charge in [-0.3, -0.25) is 5.10 Å². The number of H-pyrrole nitrogens is 1. The maximum atomic E-state index is 5.84. The monoisotopic (exact) mass is 290 g/mol. The molecule has 0 fully saturated rings. The van der Waals surface area contributed by atoms with Crippen molar-refractivity contribution in [2.24, 2.45) is 0 Å². The van der Waals surface area contributed by atoms with Crippen LogP contribution < -0.4 is 9.47 Å². The van der Waals surface area contributed by atoms with Gasteiger partial charge < -0.3 is 9.47 Å². The number of hydrogen-bond donors (Lipinski definition) is 1. The van der Waals surface area contributed by atoms with E-state index in [1.54, 1.807) is 18.3 Å². The van der Waals surface area contributed by atoms with E-state index in [1.165, 1.54) is 0 Å². The quantitative estimate of drug-likeness (QED) is 0.747. The lowest BCUT2D eigenvalue weighted by molar-refractivity contribution is 0.339. The van der Waals surface area contributed by atoms with E-state index in [2.05, 4.69) is 20.2 Å². The molecule has 1 N–H and O–H groups in total. The molecule has 0 saturated carbocycles. The molecule has 3 aromatic rings. The van der Waals surface area contributed by atoms with Gasteiger partial charge in [0.1, 0.15) is 16.9 Å². The summed E-state index contributed by atoms with van der Waals surface area (Å²) in [6.07, 6.45) is 1.59. The fourth-order valence-electron chi connectivity index (χ4n) is 1.74. The lowest BCUT2D eigenvalue weighted by Gasteiger charge is -2.07. The van der Waals surface area contributed by atoms with E-state index in [4.69, 9.17) is 21.1 Å². The molecule has 0 spiro atoms. The highest BCUT2D eigenvalue weighted by atomic mass is 35.5. The molecule has 0 unspecified atom stereocenters. The van der Waals surface area contributed by atoms with E-state index >= 15 is 0 Å². The van der Waals surface area contributed by atoms with Gasteiger partial charge in [0.25, 0.3) is 0 Å². The van der Waals surface area contributed by atoms with E-state index in [0.717, 1.165) is 5.75 Å². The van der Waals surface area contributed by atoms with Crippen molar-refractivity contribution in [3.63, 3.8) is 0 Å². The van der Waals surface area contributed by atoms with Crippen molar-refractivity contribution in [1.29, 1.82) is 0 Å². The Morgan fingerprint density at radius 3 is 2.65 bits per heavy atom. The SMILES string of the molecule is CCOc1ccc(Oc2nc(Cl)nc3[nH]ncc23)cc1. The van der Waals surface area contributed by atoms with E-state index in [0.29, 0.717) is 29.3 Å². The highest BCUT2D eigenvalue weighted by Crippen LogP contribution is 2.28. The molecule has 1 aromatic carbocycles. The molecule has 2 aromatic heterocycles. The van der Waals surface area contributed by atoms with Crippen LogP contribution in [-0.4, -0.2) is 26.8 Å². The number of hydrogen-bond acceptors (Lipinski definition) is 5. The molecular weight excluding hydrogens is 280 g/mol. The minimum atomic E-state index is 0.0997. The van der Waals surface area contributed by atoms with Crippen molar-refractivity contribution in [2.45, 2.75) is 6.92 Å². The van der Waals surface area contributed by atoms with E-state index in [1.807, 2.05) is 19.1 Å². The summed E-state index contributed by atoms with van der Waals surface area (Å²) in [5, 5.41) is 7.39. The highest BCUT2D eigenvalue weighted by Gasteiger charge is 2.10. The second kappa shape index (κ2) is 5.34. The van der Waals surface area contributed by atoms with Gasteiger partial charge in [-0.05, 0) is 42.8 Å². The number of fused-ring (bicyclic) bond motifs is 1. The van der Waals surface area contributed by atoms with Crippen LogP contribution in [0.2, 0.25) is 5.28 Å². The molecule has 102 valence electrons. The van der Waals surface area contributed by atoms with E-state index in [9.17, 15) is 0 Å². The first-order valence-corrected chi connectivity index (χ1v) is 6.41. The Labute approximate surface area is 119 Å². The predicted molar refractivity (Wildman–Crippen MR) is 74.4 cm³/mol. The maximum Gasteiger partial charge on any atom is 0.234 e. The summed E-state index contributed by atoms with van der Waals surface area (Å²) in [5.41, 5.74) is 0.533. The number of nitrogens with zero attached hydrogens (tertiary/aromatic N) is 3. The van der Waals surface area contributed by atoms with Crippen molar-refractivity contribution in [2.75, 3.05) is 6.61 Å². The third-order valence-corrected chi connectivity index (χ3v) is 2.77. The number of aromatic amines is 1. The number of rotatable bonds is 4. The Kier molecular flexibility index (Phi) is 3.39. The molecule has 0 amide bonds. The molecule has 6 nitrogen and oxygen atoms in total. The van der Waals surface area contributed by atoms with Crippen molar-refractivity contribution in [1.82, 2.24) is 20.2 Å². The van der Waals surface area contributed by atoms with Crippen molar-refractivity contribution in [3.05, 3.63) is 35.7 Å². The molecule has 2 heterocycles. The first kappa shape index (κ1) is 12.7. The van der Waals surface area contributed by atoms with E-state index in [-0.39, 0.29) is 5.28 Å². The number of aromatic nitrogens is 4. The molecule has 3 rings (SSSR count). The Morgan fingerprint density at radius 1 is 1.15 bits per heavy atom. The fraction of sp³-hybridized carbons (Fsp3) is 0.154. The van der Waals surface area contributed by atoms with Crippen molar-refractivity contribution < 1.29 is 9.47 Å². The van der Waals surface area contributed by atoms with Crippen LogP contribution >= 0.6 is 11.6 Å². The zero-order chi connectivity index (χ0) is 13.9. The van der Waals surface area contributed by atoms with Crippen LogP contribution in [-0.2, 0) is 0 Å². The summed E-state index contributed by atoms with van der Waals surface area (Å²) in [4.78, 5) is 8.08. The molecule has 0 aliphatic heterocycles. The van der Waals surface area contributed by atoms with Gasteiger partial charge >= 0.3 is 0 Å². The third-order valence-electron chi connectivity index (χ3n) is 2.60. The van der Waals surface area contributed by atoms with Crippen LogP contribution in [0.1, 0.15) is 6.92 Å². The number of halogens is 1. The zero-order valence-electron chi connectivity index (χ0n) is 10.6. The van der Waals surface area contributed by atoms with Gasteiger partial charge in [0.05, 0.1) is 12.8 Å². The average molecular weight is 291 g/mol. The molecule has 0 radical (unpaired) electrons. The van der Waals surface area contributed by atoms with Crippen molar-refractivity contribution >= 4 is 22.6 Å². The standard InChI is InChI=1S/C13H11ClN4O2/c1-2-19-8-3-5-9(6-4-8)20-12-10-7-15-18-11(10)16-13(14)17-12/h3-7H,2H2,1H3,(H,15,16,17,18). The first-order chi connectivity index (χ1) is 9.76. The highest BCUT2D eigenvalue weighted by molar-refractivity contribution is 6.28. The lowest BCUT2D eigenvalue weighted by Crippen LogP contribution is -1.93. The van der Waals surface area contributed by atoms with Gasteiger partial charge in [-0.25, -0.2) is 0 Å². The summed E-state index contributed by atoms with van der Waals surface area (Å²) in [6, 6.07) is 7.25. The molecule has 7 heteroatoms. The van der Waals surface area contributed by atoms with Gasteiger partial charge in [0, 0.05) is 0 Å². The maximum absolute atomic E-state index is 5.84. The van der Waals surface area contributed by atoms with Crippen LogP contribution in [0.25, 0.3) is 11.0 Å². The van der Waals surface area contributed by atoms with Crippen LogP contribution in [0.4, 0.5) is 0 Å². The summed E-state index contributed by atoms with van der Waals surface area (Å²) in [6.45, 7) is 2.56. The number of nitrogens with one attached hydrogen (secondary N) is 1. The second-order valence-corrected chi connectivity index (χ2v) is 4.27. The summed E-state index contributed by atoms with van der Waals surface area (Å²) in [7, 11) is 0. The van der Waals surface area contributed by atoms with Crippen LogP contribution in [0.5, 0.6) is 17.4 Å². The van der Waals surface area contributed by atoms with Crippen molar-refractivity contribution in [3.8, 4) is 17.4 Å². The normalized spacial score (nSPS) is 10.7. The predicted octanol–water partition coefficient (Wildman–Crippen LogP) is 3.20. The molecule has 20 heavy (non-hydrogen) atoms. The largest absolute Gasteiger partial charge is 0.494 e. The van der Waals surface area contributed by atoms with E-state index < -0.39 is 0 Å². The van der Waals surface area contributed by atoms with Gasteiger partial charge in [0.2, 0.25) is 11.2 Å². The molecule has 0 aliphatic carbocycles. The van der Waals surface area contributed by atoms with Crippen LogP contribution in [0, 0.1) is 0 Å². The summed E-state index contributed by atoms with van der Waals surface area (Å²) < 4.78 is 11.1. The third kappa shape index (κ3) is 2.50. The second-order valence-electron chi connectivity index (χ2n) is 3.94. The lowest BCUT2D eigenvalue weighted by atomic mass is 10.3. The molecule has 0 bridgehead atoms. The number of ether oxygens (including phenoxy) is 2. The van der Waals surface area contributed by atoms with Gasteiger partial charge in [-0.2, -0.15) is 15.1 Å². The van der Waals surface area contributed by atoms with Gasteiger partial charge in [-0.1, -0.05) is 0 Å². The van der Waals surface area contributed by atoms with Gasteiger partial charge in [-0.15, -0.1) is 0 Å². The van der Waals surface area contributed by atoms with Crippen LogP contribution in [0.3, 0.4) is 0 Å². The Hall–Kier alpha value is -2.34. The Balaban J connectivity index is 1.90. The minimum absolute atomic E-state index is 0.0997. The zero-order valence-corrected chi connectivity index (χ0v) is 11.4. The molecular formula is C13H11ClN4O2. The number of benzene rings is 1. The minimum Gasteiger partial charge on any atom is -0.494 e. The molecule has 0 saturated heterocycles. The molecule has 0 atom stereocenters. The topological polar surface area (TPSA) is 72.9 Å². The Morgan fingerprint density at radius 2 is 1.90 bits per heavy atom. The summed E-state index contributed by atoms with van der Waals surface area (Å²) >= 11 is 5.84. The molecule has 0 aliphatic rings. The summed E-state index contributed by atoms with van der Waals surface area (Å²) in [5.74, 6) is 1.78. The Bertz CT molecular complexity index is 727. The fourth-order valence-corrected chi connectivity index (χ4v) is 1.90.